The summed E-state index contributed by atoms with van der Waals surface area (Å²) in [6.45, 7) is 0.712. The molecule has 4 nitrogen and oxygen atoms in total. The van der Waals surface area contributed by atoms with Gasteiger partial charge in [-0.2, -0.15) is 0 Å². The van der Waals surface area contributed by atoms with Gasteiger partial charge in [0.25, 0.3) is 0 Å². The van der Waals surface area contributed by atoms with E-state index < -0.39 is 12.1 Å². The second-order valence-electron chi connectivity index (χ2n) is 2.35. The maximum atomic E-state index is 10.7. The Morgan fingerprint density at radius 1 is 1.91 bits per heavy atom. The van der Waals surface area contributed by atoms with Gasteiger partial charge in [0.1, 0.15) is 0 Å². The van der Waals surface area contributed by atoms with Crippen LogP contribution < -0.4 is 5.32 Å². The van der Waals surface area contributed by atoms with Gasteiger partial charge in [-0.1, -0.05) is 0 Å². The van der Waals surface area contributed by atoms with Gasteiger partial charge in [0.05, 0.1) is 13.2 Å². The molecule has 1 aliphatic rings. The van der Waals surface area contributed by atoms with Crippen LogP contribution in [0.2, 0.25) is 0 Å². The number of methoxy groups -OCH3 is 1. The molecule has 0 radical (unpaired) electrons. The van der Waals surface area contributed by atoms with Crippen LogP contribution in [0, 0.1) is 0 Å². The highest BCUT2D eigenvalue weighted by Crippen LogP contribution is 2.09. The van der Waals surface area contributed by atoms with E-state index in [9.17, 15) is 9.90 Å². The Balaban J connectivity index is 2.57. The zero-order valence-corrected chi connectivity index (χ0v) is 6.33. The normalized spacial score (nSPS) is 26.7. The summed E-state index contributed by atoms with van der Waals surface area (Å²) in [6.07, 6.45) is 1.40. The Kier molecular flexibility index (Phi) is 2.48. The molecule has 0 bridgehead atoms. The van der Waals surface area contributed by atoms with Gasteiger partial charge in [0, 0.05) is 18.3 Å². The van der Waals surface area contributed by atoms with Crippen LogP contribution in [-0.4, -0.2) is 30.8 Å². The quantitative estimate of drug-likeness (QED) is 0.394. The average Bonchev–Trinajstić information content (AvgIpc) is 2.37. The number of aliphatic hydroxyl groups is 1. The van der Waals surface area contributed by atoms with Crippen LogP contribution in [0.15, 0.2) is 11.8 Å². The minimum absolute atomic E-state index is 0.437. The summed E-state index contributed by atoms with van der Waals surface area (Å²) in [5.74, 6) is -0.437. The SMILES string of the molecule is COC(=O)/C=C1\NCC[C@@H]1O. The van der Waals surface area contributed by atoms with E-state index in [2.05, 4.69) is 10.1 Å². The molecule has 0 unspecified atom stereocenters. The van der Waals surface area contributed by atoms with Crippen LogP contribution in [-0.2, 0) is 9.53 Å². The van der Waals surface area contributed by atoms with Crippen LogP contribution in [0.1, 0.15) is 6.42 Å². The van der Waals surface area contributed by atoms with E-state index in [0.29, 0.717) is 18.7 Å². The lowest BCUT2D eigenvalue weighted by molar-refractivity contribution is -0.134. The van der Waals surface area contributed by atoms with Gasteiger partial charge in [-0.05, 0) is 6.42 Å². The molecule has 0 aromatic carbocycles. The summed E-state index contributed by atoms with van der Waals surface area (Å²) >= 11 is 0. The Bertz CT molecular complexity index is 188. The molecule has 4 heteroatoms. The second kappa shape index (κ2) is 3.39. The monoisotopic (exact) mass is 157 g/mol. The van der Waals surface area contributed by atoms with Crippen molar-refractivity contribution in [2.24, 2.45) is 0 Å². The fourth-order valence-electron chi connectivity index (χ4n) is 0.960. The first-order valence-electron chi connectivity index (χ1n) is 3.45. The first-order valence-corrected chi connectivity index (χ1v) is 3.45. The molecule has 0 aromatic heterocycles. The Hall–Kier alpha value is -1.03. The minimum atomic E-state index is -0.533. The lowest BCUT2D eigenvalue weighted by atomic mass is 10.2. The van der Waals surface area contributed by atoms with E-state index in [1.54, 1.807) is 0 Å². The van der Waals surface area contributed by atoms with Crippen LogP contribution in [0.5, 0.6) is 0 Å². The number of esters is 1. The summed E-state index contributed by atoms with van der Waals surface area (Å²) in [7, 11) is 1.31. The highest BCUT2D eigenvalue weighted by atomic mass is 16.5. The predicted octanol–water partition coefficient (Wildman–Crippen LogP) is -0.603. The van der Waals surface area contributed by atoms with E-state index in [-0.39, 0.29) is 0 Å². The van der Waals surface area contributed by atoms with Gasteiger partial charge in [0.15, 0.2) is 0 Å². The van der Waals surface area contributed by atoms with Crippen LogP contribution in [0.3, 0.4) is 0 Å². The van der Waals surface area contributed by atoms with Crippen molar-refractivity contribution in [1.82, 2.24) is 5.32 Å². The van der Waals surface area contributed by atoms with Crippen LogP contribution in [0.4, 0.5) is 0 Å². The van der Waals surface area contributed by atoms with Crippen molar-refractivity contribution in [3.05, 3.63) is 11.8 Å². The number of carbonyl (C=O) groups excluding carboxylic acids is 1. The fraction of sp³-hybridized carbons (Fsp3) is 0.571. The van der Waals surface area contributed by atoms with E-state index in [4.69, 9.17) is 0 Å². The van der Waals surface area contributed by atoms with Crippen molar-refractivity contribution in [1.29, 1.82) is 0 Å². The van der Waals surface area contributed by atoms with Crippen molar-refractivity contribution < 1.29 is 14.6 Å². The Morgan fingerprint density at radius 3 is 3.09 bits per heavy atom. The van der Waals surface area contributed by atoms with Crippen molar-refractivity contribution >= 4 is 5.97 Å². The molecule has 0 aliphatic carbocycles. The molecule has 2 N–H and O–H groups in total. The number of aliphatic hydroxyl groups excluding tert-OH is 1. The summed E-state index contributed by atoms with van der Waals surface area (Å²) in [5, 5.41) is 12.1. The molecule has 1 rings (SSSR count). The van der Waals surface area contributed by atoms with Crippen molar-refractivity contribution in [3.8, 4) is 0 Å². The molecule has 11 heavy (non-hydrogen) atoms. The molecule has 0 amide bonds. The zero-order valence-electron chi connectivity index (χ0n) is 6.33. The Morgan fingerprint density at radius 2 is 2.64 bits per heavy atom. The topological polar surface area (TPSA) is 58.6 Å². The smallest absolute Gasteiger partial charge is 0.332 e. The number of hydrogen-bond acceptors (Lipinski definition) is 4. The van der Waals surface area contributed by atoms with Gasteiger partial charge in [-0.15, -0.1) is 0 Å². The summed E-state index contributed by atoms with van der Waals surface area (Å²) in [5.41, 5.74) is 0.553. The first-order chi connectivity index (χ1) is 5.24. The van der Waals surface area contributed by atoms with Gasteiger partial charge >= 0.3 is 5.97 Å². The van der Waals surface area contributed by atoms with Crippen molar-refractivity contribution in [3.63, 3.8) is 0 Å². The molecule has 62 valence electrons. The summed E-state index contributed by atoms with van der Waals surface area (Å²) < 4.78 is 4.39. The minimum Gasteiger partial charge on any atom is -0.466 e. The van der Waals surface area contributed by atoms with Gasteiger partial charge in [-0.3, -0.25) is 0 Å². The molecular formula is C7H11NO3. The van der Waals surface area contributed by atoms with Gasteiger partial charge < -0.3 is 15.2 Å². The molecule has 1 fully saturated rings. The molecule has 0 aromatic rings. The summed E-state index contributed by atoms with van der Waals surface area (Å²) in [6, 6.07) is 0. The lowest BCUT2D eigenvalue weighted by Crippen LogP contribution is -2.12. The number of hydrogen-bond donors (Lipinski definition) is 2. The summed E-state index contributed by atoms with van der Waals surface area (Å²) in [4.78, 5) is 10.7. The van der Waals surface area contributed by atoms with Crippen molar-refractivity contribution in [2.45, 2.75) is 12.5 Å². The van der Waals surface area contributed by atoms with E-state index in [1.807, 2.05) is 0 Å². The van der Waals surface area contributed by atoms with E-state index in [0.717, 1.165) is 0 Å². The molecule has 1 atom stereocenters. The molecule has 1 aliphatic heterocycles. The van der Waals surface area contributed by atoms with Crippen LogP contribution >= 0.6 is 0 Å². The average molecular weight is 157 g/mol. The standard InChI is InChI=1S/C7H11NO3/c1-11-7(10)4-5-6(9)2-3-8-5/h4,6,8-9H,2-3H2,1H3/b5-4-/t6-/m0/s1. The fourth-order valence-corrected chi connectivity index (χ4v) is 0.960. The molecule has 0 saturated carbocycles. The Labute approximate surface area is 64.9 Å². The third-order valence-corrected chi connectivity index (χ3v) is 1.58. The van der Waals surface area contributed by atoms with Gasteiger partial charge in [0.2, 0.25) is 0 Å². The number of nitrogens with one attached hydrogen (secondary N) is 1. The zero-order chi connectivity index (χ0) is 8.27. The third-order valence-electron chi connectivity index (χ3n) is 1.58. The lowest BCUT2D eigenvalue weighted by Gasteiger charge is -2.01. The van der Waals surface area contributed by atoms with Crippen molar-refractivity contribution in [2.75, 3.05) is 13.7 Å². The maximum Gasteiger partial charge on any atom is 0.332 e. The van der Waals surface area contributed by atoms with E-state index >= 15 is 0 Å². The van der Waals surface area contributed by atoms with Crippen LogP contribution in [0.25, 0.3) is 0 Å². The van der Waals surface area contributed by atoms with E-state index in [1.165, 1.54) is 13.2 Å². The molecule has 1 saturated heterocycles. The highest BCUT2D eigenvalue weighted by Gasteiger charge is 2.18. The third kappa shape index (κ3) is 1.94. The highest BCUT2D eigenvalue weighted by molar-refractivity contribution is 5.82. The molecular weight excluding hydrogens is 146 g/mol. The first kappa shape index (κ1) is 8.07. The second-order valence-corrected chi connectivity index (χ2v) is 2.35. The molecule has 0 spiro atoms. The maximum absolute atomic E-state index is 10.7. The number of carbonyl (C=O) groups is 1. The number of rotatable bonds is 1. The number of ether oxygens (including phenoxy) is 1. The van der Waals surface area contributed by atoms with Gasteiger partial charge in [-0.25, -0.2) is 4.79 Å². The largest absolute Gasteiger partial charge is 0.466 e. The molecule has 1 heterocycles. The predicted molar refractivity (Wildman–Crippen MR) is 38.7 cm³/mol.